The van der Waals surface area contributed by atoms with Gasteiger partial charge in [0.15, 0.2) is 11.5 Å². The minimum atomic E-state index is -5.07. The third-order valence-corrected chi connectivity index (χ3v) is 5.98. The van der Waals surface area contributed by atoms with Crippen molar-refractivity contribution in [1.29, 1.82) is 5.26 Å². The molecule has 0 fully saturated rings. The van der Waals surface area contributed by atoms with Crippen LogP contribution in [0.1, 0.15) is 11.5 Å². The lowest BCUT2D eigenvalue weighted by Crippen LogP contribution is -2.52. The number of hydrogen-bond acceptors (Lipinski definition) is 9. The number of rotatable bonds is 4. The molecule has 0 spiro atoms. The second-order valence-corrected chi connectivity index (χ2v) is 8.23. The highest BCUT2D eigenvalue weighted by molar-refractivity contribution is 6.34. The molecule has 2 aliphatic heterocycles. The summed E-state index contributed by atoms with van der Waals surface area (Å²) in [5.74, 6) is -5.57. The first-order chi connectivity index (χ1) is 17.9. The van der Waals surface area contributed by atoms with E-state index in [0.717, 1.165) is 31.3 Å². The summed E-state index contributed by atoms with van der Waals surface area (Å²) in [6.07, 6.45) is -10.1. The summed E-state index contributed by atoms with van der Waals surface area (Å²) in [6.45, 7) is 0. The standard InChI is InChI=1S/C24H16ClF4N3O6/c1-35-21(33)18-17(11-6-4-3-5-7-11)12(10-30)20(31)32(19(18)22(34)36-2)14-9-16-15(8-13(14)25)37-23(26,27)24(28,29)38-16/h3-9,17H,31H2,1-2H3. The smallest absolute Gasteiger partial charge is 0.466 e. The number of carbonyl (C=O) groups excluding carboxylic acids is 2. The Labute approximate surface area is 217 Å². The Morgan fingerprint density at radius 1 is 1.03 bits per heavy atom. The van der Waals surface area contributed by atoms with E-state index < -0.39 is 63.8 Å². The van der Waals surface area contributed by atoms with Gasteiger partial charge < -0.3 is 24.7 Å². The summed E-state index contributed by atoms with van der Waals surface area (Å²) in [5, 5.41) is 9.59. The fourth-order valence-electron chi connectivity index (χ4n) is 4.01. The van der Waals surface area contributed by atoms with Gasteiger partial charge in [-0.25, -0.2) is 9.59 Å². The number of allylic oxidation sites excluding steroid dienone is 1. The summed E-state index contributed by atoms with van der Waals surface area (Å²) in [5.41, 5.74) is 5.09. The second kappa shape index (κ2) is 9.46. The zero-order valence-corrected chi connectivity index (χ0v) is 20.2. The van der Waals surface area contributed by atoms with E-state index in [9.17, 15) is 32.4 Å². The number of nitriles is 1. The number of esters is 2. The molecular weight excluding hydrogens is 538 g/mol. The fourth-order valence-corrected chi connectivity index (χ4v) is 4.25. The normalized spacial score (nSPS) is 19.5. The van der Waals surface area contributed by atoms with E-state index >= 15 is 0 Å². The topological polar surface area (TPSA) is 124 Å². The monoisotopic (exact) mass is 553 g/mol. The van der Waals surface area contributed by atoms with Crippen LogP contribution in [0.2, 0.25) is 5.02 Å². The minimum Gasteiger partial charge on any atom is -0.466 e. The zero-order chi connectivity index (χ0) is 28.0. The van der Waals surface area contributed by atoms with Crippen molar-refractivity contribution in [2.75, 3.05) is 19.1 Å². The predicted octanol–water partition coefficient (Wildman–Crippen LogP) is 4.19. The first-order valence-electron chi connectivity index (χ1n) is 10.5. The van der Waals surface area contributed by atoms with Crippen LogP contribution in [0.3, 0.4) is 0 Å². The molecule has 0 saturated carbocycles. The van der Waals surface area contributed by atoms with Crippen molar-refractivity contribution in [1.82, 2.24) is 0 Å². The van der Waals surface area contributed by atoms with Gasteiger partial charge in [-0.3, -0.25) is 4.90 Å². The molecular formula is C24H16ClF4N3O6. The number of hydrogen-bond donors (Lipinski definition) is 1. The Kier molecular flexibility index (Phi) is 6.62. The van der Waals surface area contributed by atoms with E-state index in [1.54, 1.807) is 30.3 Å². The molecule has 2 heterocycles. The Bertz CT molecular complexity index is 1440. The zero-order valence-electron chi connectivity index (χ0n) is 19.4. The first-order valence-corrected chi connectivity index (χ1v) is 10.9. The molecule has 0 amide bonds. The summed E-state index contributed by atoms with van der Waals surface area (Å²) in [4.78, 5) is 26.9. The maximum absolute atomic E-state index is 13.9. The van der Waals surface area contributed by atoms with Gasteiger partial charge in [-0.1, -0.05) is 41.9 Å². The average molecular weight is 554 g/mol. The van der Waals surface area contributed by atoms with Gasteiger partial charge in [-0.2, -0.15) is 22.8 Å². The Balaban J connectivity index is 2.04. The van der Waals surface area contributed by atoms with Crippen molar-refractivity contribution in [2.45, 2.75) is 18.1 Å². The summed E-state index contributed by atoms with van der Waals surface area (Å²) < 4.78 is 73.1. The Hall–Kier alpha value is -4.44. The van der Waals surface area contributed by atoms with Gasteiger partial charge in [0, 0.05) is 12.1 Å². The number of alkyl halides is 4. The molecule has 0 aromatic heterocycles. The van der Waals surface area contributed by atoms with Gasteiger partial charge in [-0.15, -0.1) is 0 Å². The molecule has 2 aromatic rings. The molecule has 2 aliphatic rings. The molecule has 1 unspecified atom stereocenters. The molecule has 4 rings (SSSR count). The lowest BCUT2D eigenvalue weighted by Gasteiger charge is -2.37. The van der Waals surface area contributed by atoms with Crippen LogP contribution >= 0.6 is 11.6 Å². The van der Waals surface area contributed by atoms with Crippen LogP contribution in [0.15, 0.2) is 65.1 Å². The highest BCUT2D eigenvalue weighted by Gasteiger charge is 2.66. The number of anilines is 1. The molecule has 198 valence electrons. The van der Waals surface area contributed by atoms with Crippen molar-refractivity contribution in [3.8, 4) is 17.6 Å². The fraction of sp³-hybridized carbons (Fsp3) is 0.208. The van der Waals surface area contributed by atoms with E-state index in [4.69, 9.17) is 26.8 Å². The molecule has 0 saturated heterocycles. The Morgan fingerprint density at radius 2 is 1.58 bits per heavy atom. The van der Waals surface area contributed by atoms with Crippen LogP contribution in [0.25, 0.3) is 0 Å². The maximum atomic E-state index is 13.9. The summed E-state index contributed by atoms with van der Waals surface area (Å²) in [6, 6.07) is 11.4. The number of carbonyl (C=O) groups is 2. The molecule has 14 heteroatoms. The average Bonchev–Trinajstić information content (AvgIpc) is 2.88. The maximum Gasteiger partial charge on any atom is 0.507 e. The first kappa shape index (κ1) is 26.6. The summed E-state index contributed by atoms with van der Waals surface area (Å²) >= 11 is 6.28. The molecule has 0 aliphatic carbocycles. The third kappa shape index (κ3) is 4.12. The van der Waals surface area contributed by atoms with Crippen molar-refractivity contribution < 1.29 is 46.1 Å². The number of methoxy groups -OCH3 is 2. The lowest BCUT2D eigenvalue weighted by molar-refractivity contribution is -0.391. The highest BCUT2D eigenvalue weighted by Crippen LogP contribution is 2.52. The largest absolute Gasteiger partial charge is 0.507 e. The molecule has 0 radical (unpaired) electrons. The van der Waals surface area contributed by atoms with Crippen LogP contribution < -0.4 is 20.1 Å². The third-order valence-electron chi connectivity index (χ3n) is 5.68. The van der Waals surface area contributed by atoms with Gasteiger partial charge in [0.2, 0.25) is 0 Å². The molecule has 0 bridgehead atoms. The number of fused-ring (bicyclic) bond motifs is 1. The Morgan fingerprint density at radius 3 is 2.11 bits per heavy atom. The van der Waals surface area contributed by atoms with Crippen LogP contribution in [-0.4, -0.2) is 38.4 Å². The van der Waals surface area contributed by atoms with Crippen molar-refractivity contribution in [3.63, 3.8) is 0 Å². The van der Waals surface area contributed by atoms with Crippen LogP contribution in [0.4, 0.5) is 23.2 Å². The second-order valence-electron chi connectivity index (χ2n) is 7.82. The van der Waals surface area contributed by atoms with Crippen molar-refractivity contribution in [3.05, 3.63) is 75.7 Å². The van der Waals surface area contributed by atoms with Crippen LogP contribution in [0, 0.1) is 11.3 Å². The minimum absolute atomic E-state index is 0.243. The van der Waals surface area contributed by atoms with E-state index in [0.29, 0.717) is 5.56 Å². The number of ether oxygens (including phenoxy) is 4. The number of nitrogens with zero attached hydrogens (tertiary/aromatic N) is 2. The van der Waals surface area contributed by atoms with Gasteiger partial charge >= 0.3 is 24.2 Å². The van der Waals surface area contributed by atoms with E-state index in [1.165, 1.54) is 0 Å². The summed E-state index contributed by atoms with van der Waals surface area (Å²) in [7, 11) is 2.03. The quantitative estimate of drug-likeness (QED) is 0.438. The molecule has 2 N–H and O–H groups in total. The predicted molar refractivity (Wildman–Crippen MR) is 122 cm³/mol. The van der Waals surface area contributed by atoms with Gasteiger partial charge in [0.1, 0.15) is 11.5 Å². The van der Waals surface area contributed by atoms with Crippen molar-refractivity contribution >= 4 is 29.2 Å². The molecule has 1 atom stereocenters. The van der Waals surface area contributed by atoms with Gasteiger partial charge in [0.25, 0.3) is 0 Å². The van der Waals surface area contributed by atoms with Gasteiger partial charge in [0.05, 0.1) is 48.1 Å². The van der Waals surface area contributed by atoms with Gasteiger partial charge in [-0.05, 0) is 5.56 Å². The van der Waals surface area contributed by atoms with E-state index in [2.05, 4.69) is 9.47 Å². The number of halogens is 5. The van der Waals surface area contributed by atoms with Crippen LogP contribution in [0.5, 0.6) is 11.5 Å². The molecule has 2 aromatic carbocycles. The SMILES string of the molecule is COC(=O)C1=C(C(=O)OC)N(c2cc3c(cc2Cl)OC(F)(F)C(F)(F)O3)C(N)=C(C#N)C1c1ccccc1. The van der Waals surface area contributed by atoms with Crippen molar-refractivity contribution in [2.24, 2.45) is 5.73 Å². The lowest BCUT2D eigenvalue weighted by atomic mass is 9.81. The van der Waals surface area contributed by atoms with Crippen LogP contribution in [-0.2, 0) is 19.1 Å². The number of nitrogens with two attached hydrogens (primary N) is 1. The molecule has 9 nitrogen and oxygen atoms in total. The highest BCUT2D eigenvalue weighted by atomic mass is 35.5. The number of benzene rings is 2. The molecule has 38 heavy (non-hydrogen) atoms. The van der Waals surface area contributed by atoms with E-state index in [-0.39, 0.29) is 11.1 Å². The van der Waals surface area contributed by atoms with E-state index in [1.807, 2.05) is 6.07 Å².